The van der Waals surface area contributed by atoms with Gasteiger partial charge in [0.1, 0.15) is 18.2 Å². The maximum Gasteiger partial charge on any atom is 0.266 e. The molecular weight excluding hydrogens is 432 g/mol. The summed E-state index contributed by atoms with van der Waals surface area (Å²) < 4.78 is 11.6. The first-order chi connectivity index (χ1) is 13.8. The number of nitriles is 1. The number of aryl methyl sites for hydroxylation is 3. The number of methoxy groups -OCH3 is 1. The van der Waals surface area contributed by atoms with Crippen LogP contribution in [0.2, 0.25) is 0 Å². The van der Waals surface area contributed by atoms with Gasteiger partial charge in [-0.1, -0.05) is 30.4 Å². The summed E-state index contributed by atoms with van der Waals surface area (Å²) in [6.07, 6.45) is 3.14. The van der Waals surface area contributed by atoms with Gasteiger partial charge in [-0.05, 0) is 71.6 Å². The highest BCUT2D eigenvalue weighted by Gasteiger charge is 2.15. The maximum absolute atomic E-state index is 12.7. The fraction of sp³-hybridized carbons (Fsp3) is 0.217. The second-order valence-corrected chi connectivity index (χ2v) is 7.39. The van der Waals surface area contributed by atoms with Crippen LogP contribution in [0.5, 0.6) is 11.5 Å². The lowest BCUT2D eigenvalue weighted by atomic mass is 10.0. The van der Waals surface area contributed by atoms with Crippen molar-refractivity contribution in [2.75, 3.05) is 19.0 Å². The number of anilines is 1. The topological polar surface area (TPSA) is 71.3 Å². The molecule has 29 heavy (non-hydrogen) atoms. The van der Waals surface area contributed by atoms with Gasteiger partial charge >= 0.3 is 0 Å². The standard InChI is InChI=1S/C23H23BrN2O3/c1-6-7-29-22-19(24)11-17(12-20(22)28-5)10-18(13-25)23(27)26-21-15(3)8-14(2)9-16(21)4/h6,8-12H,1,7H2,2-5H3,(H,26,27)/b18-10+. The summed E-state index contributed by atoms with van der Waals surface area (Å²) >= 11 is 3.45. The van der Waals surface area contributed by atoms with Crippen molar-refractivity contribution in [2.45, 2.75) is 20.8 Å². The molecule has 0 aromatic heterocycles. The lowest BCUT2D eigenvalue weighted by Gasteiger charge is -2.13. The zero-order valence-corrected chi connectivity index (χ0v) is 18.5. The van der Waals surface area contributed by atoms with Crippen LogP contribution >= 0.6 is 15.9 Å². The van der Waals surface area contributed by atoms with E-state index in [1.165, 1.54) is 13.2 Å². The van der Waals surface area contributed by atoms with Gasteiger partial charge in [0.05, 0.1) is 11.6 Å². The van der Waals surface area contributed by atoms with Crippen molar-refractivity contribution in [1.29, 1.82) is 5.26 Å². The number of carbonyl (C=O) groups is 1. The fourth-order valence-electron chi connectivity index (χ4n) is 2.98. The largest absolute Gasteiger partial charge is 0.493 e. The predicted molar refractivity (Wildman–Crippen MR) is 119 cm³/mol. The Morgan fingerprint density at radius 3 is 2.45 bits per heavy atom. The van der Waals surface area contributed by atoms with Crippen molar-refractivity contribution in [3.8, 4) is 17.6 Å². The molecule has 0 saturated heterocycles. The molecule has 0 aliphatic heterocycles. The number of ether oxygens (including phenoxy) is 2. The van der Waals surface area contributed by atoms with E-state index in [0.29, 0.717) is 33.8 Å². The Balaban J connectivity index is 2.36. The second-order valence-electron chi connectivity index (χ2n) is 6.53. The van der Waals surface area contributed by atoms with Crippen LogP contribution in [0, 0.1) is 32.1 Å². The Kier molecular flexibility index (Phi) is 7.63. The summed E-state index contributed by atoms with van der Waals surface area (Å²) in [6, 6.07) is 9.41. The lowest BCUT2D eigenvalue weighted by molar-refractivity contribution is -0.112. The van der Waals surface area contributed by atoms with Gasteiger partial charge in [0.2, 0.25) is 0 Å². The van der Waals surface area contributed by atoms with Crippen LogP contribution in [0.4, 0.5) is 5.69 Å². The number of carbonyl (C=O) groups excluding carboxylic acids is 1. The molecule has 0 aliphatic carbocycles. The van der Waals surface area contributed by atoms with E-state index in [1.807, 2.05) is 39.0 Å². The number of nitrogens with one attached hydrogen (secondary N) is 1. The Morgan fingerprint density at radius 2 is 1.90 bits per heavy atom. The quantitative estimate of drug-likeness (QED) is 0.340. The highest BCUT2D eigenvalue weighted by Crippen LogP contribution is 2.37. The molecular formula is C23H23BrN2O3. The second kappa shape index (κ2) is 9.94. The van der Waals surface area contributed by atoms with Gasteiger partial charge in [-0.15, -0.1) is 0 Å². The third-order valence-electron chi connectivity index (χ3n) is 4.19. The molecule has 2 rings (SSSR count). The van der Waals surface area contributed by atoms with E-state index in [1.54, 1.807) is 18.2 Å². The van der Waals surface area contributed by atoms with E-state index >= 15 is 0 Å². The molecule has 0 atom stereocenters. The van der Waals surface area contributed by atoms with E-state index in [-0.39, 0.29) is 5.57 Å². The average molecular weight is 455 g/mol. The molecule has 0 radical (unpaired) electrons. The van der Waals surface area contributed by atoms with Crippen LogP contribution in [0.1, 0.15) is 22.3 Å². The molecule has 2 aromatic carbocycles. The van der Waals surface area contributed by atoms with Crippen molar-refractivity contribution in [3.63, 3.8) is 0 Å². The third-order valence-corrected chi connectivity index (χ3v) is 4.78. The fourth-order valence-corrected chi connectivity index (χ4v) is 3.55. The monoisotopic (exact) mass is 454 g/mol. The van der Waals surface area contributed by atoms with Gasteiger partial charge < -0.3 is 14.8 Å². The number of hydrogen-bond acceptors (Lipinski definition) is 4. The molecule has 0 heterocycles. The van der Waals surface area contributed by atoms with Gasteiger partial charge in [-0.25, -0.2) is 0 Å². The molecule has 1 N–H and O–H groups in total. The maximum atomic E-state index is 12.7. The van der Waals surface area contributed by atoms with E-state index < -0.39 is 5.91 Å². The van der Waals surface area contributed by atoms with E-state index in [0.717, 1.165) is 16.7 Å². The summed E-state index contributed by atoms with van der Waals surface area (Å²) in [4.78, 5) is 12.7. The zero-order valence-electron chi connectivity index (χ0n) is 16.9. The third kappa shape index (κ3) is 5.49. The van der Waals surface area contributed by atoms with Gasteiger partial charge in [0.25, 0.3) is 5.91 Å². The molecule has 0 fully saturated rings. The molecule has 150 valence electrons. The minimum Gasteiger partial charge on any atom is -0.493 e. The van der Waals surface area contributed by atoms with Crippen molar-refractivity contribution < 1.29 is 14.3 Å². The summed E-state index contributed by atoms with van der Waals surface area (Å²) in [5.74, 6) is 0.540. The van der Waals surface area contributed by atoms with E-state index in [4.69, 9.17) is 9.47 Å². The first-order valence-corrected chi connectivity index (χ1v) is 9.72. The number of halogens is 1. The Bertz CT molecular complexity index is 997. The molecule has 5 nitrogen and oxygen atoms in total. The summed E-state index contributed by atoms with van der Waals surface area (Å²) in [7, 11) is 1.52. The number of hydrogen-bond donors (Lipinski definition) is 1. The number of rotatable bonds is 7. The first kappa shape index (κ1) is 22.3. The highest BCUT2D eigenvalue weighted by atomic mass is 79.9. The summed E-state index contributed by atoms with van der Waals surface area (Å²) in [5.41, 5.74) is 4.34. The first-order valence-electron chi connectivity index (χ1n) is 8.93. The highest BCUT2D eigenvalue weighted by molar-refractivity contribution is 9.10. The molecule has 0 saturated carbocycles. The number of benzene rings is 2. The van der Waals surface area contributed by atoms with Gasteiger partial charge in [0, 0.05) is 5.69 Å². The van der Waals surface area contributed by atoms with Crippen molar-refractivity contribution in [2.24, 2.45) is 0 Å². The smallest absolute Gasteiger partial charge is 0.266 e. The van der Waals surface area contributed by atoms with Crippen LogP contribution in [0.3, 0.4) is 0 Å². The van der Waals surface area contributed by atoms with Crippen molar-refractivity contribution >= 4 is 33.6 Å². The molecule has 6 heteroatoms. The molecule has 0 bridgehead atoms. The Hall–Kier alpha value is -3.04. The molecule has 2 aromatic rings. The minimum absolute atomic E-state index is 0.0157. The van der Waals surface area contributed by atoms with Gasteiger partial charge in [-0.3, -0.25) is 4.79 Å². The zero-order chi connectivity index (χ0) is 21.6. The minimum atomic E-state index is -0.468. The molecule has 0 aliphatic rings. The normalized spacial score (nSPS) is 10.8. The SMILES string of the molecule is C=CCOc1c(Br)cc(/C=C(\C#N)C(=O)Nc2c(C)cc(C)cc2C)cc1OC. The average Bonchev–Trinajstić information content (AvgIpc) is 2.67. The van der Waals surface area contributed by atoms with E-state index in [9.17, 15) is 10.1 Å². The van der Waals surface area contributed by atoms with Crippen LogP contribution in [-0.2, 0) is 4.79 Å². The summed E-state index contributed by atoms with van der Waals surface area (Å²) in [5, 5.41) is 12.4. The Morgan fingerprint density at radius 1 is 1.24 bits per heavy atom. The molecule has 0 spiro atoms. The van der Waals surface area contributed by atoms with Crippen LogP contribution in [0.15, 0.2) is 47.0 Å². The van der Waals surface area contributed by atoms with Gasteiger partial charge in [0.15, 0.2) is 11.5 Å². The van der Waals surface area contributed by atoms with Crippen molar-refractivity contribution in [3.05, 3.63) is 69.2 Å². The van der Waals surface area contributed by atoms with Crippen LogP contribution in [-0.4, -0.2) is 19.6 Å². The van der Waals surface area contributed by atoms with E-state index in [2.05, 4.69) is 27.8 Å². The molecule has 1 amide bonds. The number of nitrogens with zero attached hydrogens (tertiary/aromatic N) is 1. The van der Waals surface area contributed by atoms with Crippen LogP contribution in [0.25, 0.3) is 6.08 Å². The predicted octanol–water partition coefficient (Wildman–Crippen LogP) is 5.49. The lowest BCUT2D eigenvalue weighted by Crippen LogP contribution is -2.15. The molecule has 0 unspecified atom stereocenters. The summed E-state index contributed by atoms with van der Waals surface area (Å²) in [6.45, 7) is 9.81. The van der Waals surface area contributed by atoms with Crippen LogP contribution < -0.4 is 14.8 Å². The Labute approximate surface area is 179 Å². The van der Waals surface area contributed by atoms with Crippen molar-refractivity contribution in [1.82, 2.24) is 0 Å². The van der Waals surface area contributed by atoms with Gasteiger partial charge in [-0.2, -0.15) is 5.26 Å². The number of amides is 1.